The predicted molar refractivity (Wildman–Crippen MR) is 117 cm³/mol. The van der Waals surface area contributed by atoms with Gasteiger partial charge in [0, 0.05) is 42.7 Å². The molecule has 0 radical (unpaired) electrons. The molecular formula is C25H23N3O3. The van der Waals surface area contributed by atoms with E-state index in [1.807, 2.05) is 41.3 Å². The van der Waals surface area contributed by atoms with E-state index in [9.17, 15) is 9.59 Å². The van der Waals surface area contributed by atoms with E-state index in [-0.39, 0.29) is 17.9 Å². The Morgan fingerprint density at radius 1 is 1.06 bits per heavy atom. The number of pyridine rings is 1. The smallest absolute Gasteiger partial charge is 0.265 e. The Balaban J connectivity index is 1.28. The largest absolute Gasteiger partial charge is 0.480 e. The minimum atomic E-state index is -0.565. The Hall–Kier alpha value is -3.67. The lowest BCUT2D eigenvalue weighted by atomic mass is 10.1. The van der Waals surface area contributed by atoms with Crippen LogP contribution in [0.25, 0.3) is 0 Å². The molecule has 31 heavy (non-hydrogen) atoms. The average Bonchev–Trinajstić information content (AvgIpc) is 3.55. The second kappa shape index (κ2) is 8.22. The number of nitrogens with one attached hydrogen (secondary N) is 1. The zero-order valence-corrected chi connectivity index (χ0v) is 17.0. The third-order valence-electron chi connectivity index (χ3n) is 5.64. The van der Waals surface area contributed by atoms with Crippen LogP contribution < -0.4 is 10.1 Å². The molecule has 1 N–H and O–H groups in total. The molecule has 0 saturated heterocycles. The van der Waals surface area contributed by atoms with E-state index in [0.717, 1.165) is 29.7 Å². The number of para-hydroxylation sites is 1. The van der Waals surface area contributed by atoms with Crippen LogP contribution in [0.5, 0.6) is 5.75 Å². The Morgan fingerprint density at radius 3 is 2.71 bits per heavy atom. The van der Waals surface area contributed by atoms with Gasteiger partial charge in [-0.2, -0.15) is 0 Å². The van der Waals surface area contributed by atoms with Gasteiger partial charge in [-0.05, 0) is 54.3 Å². The minimum absolute atomic E-state index is 0.0352. The Bertz CT molecular complexity index is 1090. The summed E-state index contributed by atoms with van der Waals surface area (Å²) < 4.78 is 5.77. The van der Waals surface area contributed by atoms with Crippen LogP contribution in [-0.2, 0) is 17.8 Å². The van der Waals surface area contributed by atoms with Crippen LogP contribution in [0.1, 0.15) is 34.3 Å². The SMILES string of the molecule is O=C(Nc1cccc(C(=O)N(Cc2cccnc2)C2CC2)c1)C1Cc2ccccc2O1. The van der Waals surface area contributed by atoms with Gasteiger partial charge in [0.2, 0.25) is 0 Å². The van der Waals surface area contributed by atoms with Crippen molar-refractivity contribution >= 4 is 17.5 Å². The van der Waals surface area contributed by atoms with Gasteiger partial charge in [0.05, 0.1) is 0 Å². The molecule has 1 aromatic heterocycles. The summed E-state index contributed by atoms with van der Waals surface area (Å²) in [6.45, 7) is 0.530. The molecule has 2 aliphatic rings. The number of amides is 2. The Kier molecular flexibility index (Phi) is 5.12. The Labute approximate surface area is 180 Å². The van der Waals surface area contributed by atoms with E-state index >= 15 is 0 Å². The molecule has 3 aromatic rings. The summed E-state index contributed by atoms with van der Waals surface area (Å²) in [6.07, 6.45) is 5.53. The van der Waals surface area contributed by atoms with E-state index in [4.69, 9.17) is 4.74 Å². The van der Waals surface area contributed by atoms with Crippen molar-refractivity contribution in [2.45, 2.75) is 38.0 Å². The highest BCUT2D eigenvalue weighted by molar-refractivity contribution is 5.99. The number of anilines is 1. The Morgan fingerprint density at radius 2 is 1.94 bits per heavy atom. The highest BCUT2D eigenvalue weighted by Gasteiger charge is 2.33. The van der Waals surface area contributed by atoms with Crippen LogP contribution in [0, 0.1) is 0 Å². The number of carbonyl (C=O) groups excluding carboxylic acids is 2. The molecule has 1 unspecified atom stereocenters. The first-order valence-corrected chi connectivity index (χ1v) is 10.5. The monoisotopic (exact) mass is 413 g/mol. The lowest BCUT2D eigenvalue weighted by Gasteiger charge is -2.23. The summed E-state index contributed by atoms with van der Waals surface area (Å²) in [5.41, 5.74) is 3.18. The van der Waals surface area contributed by atoms with Crippen molar-refractivity contribution in [3.63, 3.8) is 0 Å². The molecule has 2 heterocycles. The van der Waals surface area contributed by atoms with Gasteiger partial charge in [-0.25, -0.2) is 0 Å². The topological polar surface area (TPSA) is 71.5 Å². The van der Waals surface area contributed by atoms with Gasteiger partial charge < -0.3 is 15.0 Å². The summed E-state index contributed by atoms with van der Waals surface area (Å²) in [5, 5.41) is 2.90. The van der Waals surface area contributed by atoms with Crippen LogP contribution in [0.2, 0.25) is 0 Å². The van der Waals surface area contributed by atoms with Gasteiger partial charge in [-0.15, -0.1) is 0 Å². The number of carbonyl (C=O) groups is 2. The fourth-order valence-electron chi connectivity index (χ4n) is 3.89. The zero-order chi connectivity index (χ0) is 21.2. The van der Waals surface area contributed by atoms with Crippen LogP contribution in [-0.4, -0.2) is 33.8 Å². The maximum absolute atomic E-state index is 13.2. The van der Waals surface area contributed by atoms with Crippen LogP contribution in [0.15, 0.2) is 73.1 Å². The summed E-state index contributed by atoms with van der Waals surface area (Å²) in [7, 11) is 0. The van der Waals surface area contributed by atoms with Gasteiger partial charge in [-0.3, -0.25) is 14.6 Å². The number of nitrogens with zero attached hydrogens (tertiary/aromatic N) is 2. The molecule has 1 saturated carbocycles. The molecule has 0 bridgehead atoms. The molecule has 5 rings (SSSR count). The van der Waals surface area contributed by atoms with Gasteiger partial charge in [0.1, 0.15) is 5.75 Å². The van der Waals surface area contributed by atoms with Crippen molar-refractivity contribution in [3.8, 4) is 5.75 Å². The van der Waals surface area contributed by atoms with E-state index in [0.29, 0.717) is 24.2 Å². The summed E-state index contributed by atoms with van der Waals surface area (Å²) in [6, 6.07) is 18.9. The zero-order valence-electron chi connectivity index (χ0n) is 17.0. The van der Waals surface area contributed by atoms with Crippen LogP contribution >= 0.6 is 0 Å². The first kappa shape index (κ1) is 19.3. The lowest BCUT2D eigenvalue weighted by molar-refractivity contribution is -0.122. The molecule has 1 fully saturated rings. The molecule has 6 nitrogen and oxygen atoms in total. The molecule has 6 heteroatoms. The van der Waals surface area contributed by atoms with Crippen molar-refractivity contribution < 1.29 is 14.3 Å². The van der Waals surface area contributed by atoms with Crippen LogP contribution in [0.4, 0.5) is 5.69 Å². The van der Waals surface area contributed by atoms with E-state index in [1.165, 1.54) is 0 Å². The van der Waals surface area contributed by atoms with E-state index in [1.54, 1.807) is 36.7 Å². The maximum Gasteiger partial charge on any atom is 0.265 e. The van der Waals surface area contributed by atoms with Crippen molar-refractivity contribution in [1.82, 2.24) is 9.88 Å². The highest BCUT2D eigenvalue weighted by Crippen LogP contribution is 2.31. The maximum atomic E-state index is 13.2. The molecule has 0 spiro atoms. The third kappa shape index (κ3) is 4.28. The second-order valence-corrected chi connectivity index (χ2v) is 8.01. The van der Waals surface area contributed by atoms with Crippen molar-refractivity contribution in [2.24, 2.45) is 0 Å². The van der Waals surface area contributed by atoms with Gasteiger partial charge in [-0.1, -0.05) is 30.3 Å². The fraction of sp³-hybridized carbons (Fsp3) is 0.240. The average molecular weight is 413 g/mol. The molecule has 2 aromatic carbocycles. The number of hydrogen-bond acceptors (Lipinski definition) is 4. The first-order valence-electron chi connectivity index (χ1n) is 10.5. The van der Waals surface area contributed by atoms with Crippen molar-refractivity contribution in [2.75, 3.05) is 5.32 Å². The quantitative estimate of drug-likeness (QED) is 0.667. The highest BCUT2D eigenvalue weighted by atomic mass is 16.5. The molecule has 1 aliphatic carbocycles. The number of ether oxygens (including phenoxy) is 1. The van der Waals surface area contributed by atoms with Gasteiger partial charge in [0.15, 0.2) is 6.10 Å². The molecular weight excluding hydrogens is 390 g/mol. The van der Waals surface area contributed by atoms with Crippen LogP contribution in [0.3, 0.4) is 0 Å². The predicted octanol–water partition coefficient (Wildman–Crippen LogP) is 3.83. The summed E-state index contributed by atoms with van der Waals surface area (Å²) in [4.78, 5) is 32.0. The van der Waals surface area contributed by atoms with Gasteiger partial charge in [0.25, 0.3) is 11.8 Å². The third-order valence-corrected chi connectivity index (χ3v) is 5.64. The number of rotatable bonds is 6. The number of aromatic nitrogens is 1. The van der Waals surface area contributed by atoms with Crippen molar-refractivity contribution in [3.05, 3.63) is 89.7 Å². The van der Waals surface area contributed by atoms with E-state index < -0.39 is 6.10 Å². The van der Waals surface area contributed by atoms with Crippen molar-refractivity contribution in [1.29, 1.82) is 0 Å². The lowest BCUT2D eigenvalue weighted by Crippen LogP contribution is -2.33. The fourth-order valence-corrected chi connectivity index (χ4v) is 3.89. The molecule has 2 amide bonds. The summed E-state index contributed by atoms with van der Waals surface area (Å²) in [5.74, 6) is 0.504. The van der Waals surface area contributed by atoms with Gasteiger partial charge >= 0.3 is 0 Å². The molecule has 1 aliphatic heterocycles. The molecule has 156 valence electrons. The number of hydrogen-bond donors (Lipinski definition) is 1. The minimum Gasteiger partial charge on any atom is -0.480 e. The summed E-state index contributed by atoms with van der Waals surface area (Å²) >= 11 is 0. The van der Waals surface area contributed by atoms with E-state index in [2.05, 4.69) is 10.3 Å². The number of benzene rings is 2. The number of fused-ring (bicyclic) bond motifs is 1. The molecule has 1 atom stereocenters. The second-order valence-electron chi connectivity index (χ2n) is 8.01. The first-order chi connectivity index (χ1) is 15.2. The normalized spacial score (nSPS) is 16.8. The standard InChI is InChI=1S/C25H23N3O3/c29-24(23-14-18-6-1-2-9-22(18)31-23)27-20-8-3-7-19(13-20)25(30)28(21-10-11-21)16-17-5-4-12-26-15-17/h1-9,12-13,15,21,23H,10-11,14,16H2,(H,27,29).